The fraction of sp³-hybridized carbons (Fsp3) is 0.0984. The Hall–Kier alpha value is -7.75. The summed E-state index contributed by atoms with van der Waals surface area (Å²) in [5.41, 5.74) is 13.0. The summed E-state index contributed by atoms with van der Waals surface area (Å²) in [5.74, 6) is 2.52. The monoisotopic (exact) mass is 817 g/mol. The quantitative estimate of drug-likeness (QED) is 0.166. The van der Waals surface area contributed by atoms with Gasteiger partial charge in [-0.05, 0) is 106 Å². The van der Waals surface area contributed by atoms with Crippen LogP contribution in [0.2, 0.25) is 0 Å². The van der Waals surface area contributed by atoms with Gasteiger partial charge in [-0.1, -0.05) is 208 Å². The van der Waals surface area contributed by atoms with E-state index in [4.69, 9.17) is 15.0 Å². The lowest BCUT2D eigenvalue weighted by Crippen LogP contribution is -2.51. The molecule has 3 aliphatic rings. The van der Waals surface area contributed by atoms with Crippen LogP contribution in [0, 0.1) is 11.8 Å². The van der Waals surface area contributed by atoms with Crippen molar-refractivity contribution in [3.8, 4) is 56.4 Å². The maximum atomic E-state index is 5.29. The highest BCUT2D eigenvalue weighted by Crippen LogP contribution is 2.65. The largest absolute Gasteiger partial charge is 0.208 e. The van der Waals surface area contributed by atoms with E-state index >= 15 is 0 Å². The van der Waals surface area contributed by atoms with E-state index < -0.39 is 0 Å². The van der Waals surface area contributed by atoms with E-state index in [-0.39, 0.29) is 16.7 Å². The molecule has 0 bridgehead atoms. The van der Waals surface area contributed by atoms with Crippen molar-refractivity contribution in [2.75, 3.05) is 0 Å². The summed E-state index contributed by atoms with van der Waals surface area (Å²) in [7, 11) is 0. The highest BCUT2D eigenvalue weighted by atomic mass is 15.0. The van der Waals surface area contributed by atoms with Crippen molar-refractivity contribution in [1.82, 2.24) is 15.0 Å². The third-order valence-corrected chi connectivity index (χ3v) is 14.7. The van der Waals surface area contributed by atoms with Gasteiger partial charge in [-0.25, -0.2) is 15.0 Å². The minimum Gasteiger partial charge on any atom is -0.208 e. The Morgan fingerprint density at radius 3 is 1.45 bits per heavy atom. The standard InChI is InChI=1S/C61H43N3/c1-60(2)53-29-14-15-30-55(53)61(51-27-12-10-25-48(51)49-26-11-13-28-52(49)61)56-37-40(32-34-54(56)60)39-19-16-20-41(35-39)58-62-57(38-17-4-3-5-18-38)63-59(64-58)42-31-33-47-45-23-7-6-21-43(45)44-22-8-9-24-46(44)50(47)36-42/h3-37,53,55H,1-2H3. The average Bonchev–Trinajstić information content (AvgIpc) is 3.66. The van der Waals surface area contributed by atoms with Crippen LogP contribution in [-0.2, 0) is 10.8 Å². The van der Waals surface area contributed by atoms with E-state index in [2.05, 4.69) is 208 Å². The highest BCUT2D eigenvalue weighted by molar-refractivity contribution is 6.25. The van der Waals surface area contributed by atoms with Crippen LogP contribution in [0.1, 0.15) is 36.1 Å². The lowest BCUT2D eigenvalue weighted by molar-refractivity contribution is 0.219. The number of hydrogen-bond donors (Lipinski definition) is 0. The van der Waals surface area contributed by atoms with Crippen LogP contribution in [0.15, 0.2) is 212 Å². The first kappa shape index (κ1) is 36.9. The van der Waals surface area contributed by atoms with Crippen LogP contribution >= 0.6 is 0 Å². The smallest absolute Gasteiger partial charge is 0.164 e. The molecule has 0 aliphatic heterocycles. The third kappa shape index (κ3) is 5.25. The van der Waals surface area contributed by atoms with Gasteiger partial charge in [0, 0.05) is 22.6 Å². The normalized spacial score (nSPS) is 17.3. The van der Waals surface area contributed by atoms with Crippen LogP contribution in [0.25, 0.3) is 88.7 Å². The Morgan fingerprint density at radius 1 is 0.328 bits per heavy atom. The molecular formula is C61H43N3. The molecule has 3 heteroatoms. The zero-order chi connectivity index (χ0) is 42.6. The van der Waals surface area contributed by atoms with Crippen LogP contribution in [0.4, 0.5) is 0 Å². The topological polar surface area (TPSA) is 38.7 Å². The summed E-state index contributed by atoms with van der Waals surface area (Å²) < 4.78 is 0. The van der Waals surface area contributed by atoms with Crippen LogP contribution < -0.4 is 0 Å². The van der Waals surface area contributed by atoms with E-state index in [1.807, 2.05) is 18.2 Å². The minimum absolute atomic E-state index is 0.0867. The molecule has 0 saturated heterocycles. The number of rotatable bonds is 4. The Labute approximate surface area is 373 Å². The van der Waals surface area contributed by atoms with Gasteiger partial charge >= 0.3 is 0 Å². The third-order valence-electron chi connectivity index (χ3n) is 14.7. The van der Waals surface area contributed by atoms with Gasteiger partial charge in [0.2, 0.25) is 0 Å². The lowest BCUT2D eigenvalue weighted by atomic mass is 9.48. The number of allylic oxidation sites excluding steroid dienone is 4. The summed E-state index contributed by atoms with van der Waals surface area (Å²) in [6.07, 6.45) is 9.48. The molecule has 0 N–H and O–H groups in total. The molecule has 2 unspecified atom stereocenters. The molecule has 10 aromatic rings. The summed E-state index contributed by atoms with van der Waals surface area (Å²) >= 11 is 0. The van der Waals surface area contributed by atoms with Crippen molar-refractivity contribution in [2.24, 2.45) is 11.8 Å². The minimum atomic E-state index is -0.344. The van der Waals surface area contributed by atoms with Crippen molar-refractivity contribution in [3.05, 3.63) is 235 Å². The molecule has 0 fully saturated rings. The van der Waals surface area contributed by atoms with Gasteiger partial charge in [-0.15, -0.1) is 0 Å². The molecule has 13 rings (SSSR count). The van der Waals surface area contributed by atoms with E-state index in [0.717, 1.165) is 22.3 Å². The molecule has 2 atom stereocenters. The number of fused-ring (bicyclic) bond motifs is 15. The van der Waals surface area contributed by atoms with Crippen molar-refractivity contribution in [3.63, 3.8) is 0 Å². The molecule has 9 aromatic carbocycles. The summed E-state index contributed by atoms with van der Waals surface area (Å²) in [5, 5.41) is 7.36. The zero-order valence-corrected chi connectivity index (χ0v) is 35.7. The number of aromatic nitrogens is 3. The second-order valence-electron chi connectivity index (χ2n) is 18.3. The van der Waals surface area contributed by atoms with Gasteiger partial charge in [0.05, 0.1) is 5.41 Å². The molecule has 3 aliphatic carbocycles. The number of benzene rings is 9. The van der Waals surface area contributed by atoms with Crippen molar-refractivity contribution >= 4 is 32.3 Å². The number of nitrogens with zero attached hydrogens (tertiary/aromatic N) is 3. The van der Waals surface area contributed by atoms with Crippen molar-refractivity contribution in [2.45, 2.75) is 24.7 Å². The Kier molecular flexibility index (Phi) is 7.99. The van der Waals surface area contributed by atoms with Crippen molar-refractivity contribution in [1.29, 1.82) is 0 Å². The second-order valence-corrected chi connectivity index (χ2v) is 18.3. The maximum Gasteiger partial charge on any atom is 0.164 e. The van der Waals surface area contributed by atoms with E-state index in [0.29, 0.717) is 23.4 Å². The lowest BCUT2D eigenvalue weighted by Gasteiger charge is -2.54. The zero-order valence-electron chi connectivity index (χ0n) is 35.7. The van der Waals surface area contributed by atoms with Gasteiger partial charge < -0.3 is 0 Å². The number of hydrogen-bond acceptors (Lipinski definition) is 3. The van der Waals surface area contributed by atoms with Gasteiger partial charge in [-0.2, -0.15) is 0 Å². The Morgan fingerprint density at radius 2 is 0.797 bits per heavy atom. The summed E-state index contributed by atoms with van der Waals surface area (Å²) in [4.78, 5) is 15.7. The molecule has 3 nitrogen and oxygen atoms in total. The van der Waals surface area contributed by atoms with Crippen LogP contribution in [-0.4, -0.2) is 15.0 Å². The predicted molar refractivity (Wildman–Crippen MR) is 264 cm³/mol. The molecule has 0 amide bonds. The van der Waals surface area contributed by atoms with Gasteiger partial charge in [-0.3, -0.25) is 0 Å². The first-order chi connectivity index (χ1) is 31.5. The van der Waals surface area contributed by atoms with E-state index in [1.165, 1.54) is 71.3 Å². The summed E-state index contributed by atoms with van der Waals surface area (Å²) in [6, 6.07) is 68.6. The molecule has 1 spiro atoms. The molecule has 302 valence electrons. The fourth-order valence-corrected chi connectivity index (χ4v) is 11.8. The SMILES string of the molecule is CC1(C)c2ccc(-c3cccc(-c4nc(-c5ccccc5)nc(-c5ccc6c7ccccc7c7ccccc7c6c5)n4)c3)cc2C2(c3ccccc3-c3ccccc32)C2C=CC=CC21. The second kappa shape index (κ2) is 13.9. The molecule has 0 radical (unpaired) electrons. The Bertz CT molecular complexity index is 3530. The molecule has 1 heterocycles. The summed E-state index contributed by atoms with van der Waals surface area (Å²) in [6.45, 7) is 4.88. The molecule has 0 saturated carbocycles. The van der Waals surface area contributed by atoms with Gasteiger partial charge in [0.15, 0.2) is 17.5 Å². The predicted octanol–water partition coefficient (Wildman–Crippen LogP) is 15.0. The van der Waals surface area contributed by atoms with Gasteiger partial charge in [0.1, 0.15) is 0 Å². The maximum absolute atomic E-state index is 5.29. The average molecular weight is 818 g/mol. The highest BCUT2D eigenvalue weighted by Gasteiger charge is 2.58. The van der Waals surface area contributed by atoms with E-state index in [1.54, 1.807) is 0 Å². The molecule has 1 aromatic heterocycles. The molecular weight excluding hydrogens is 775 g/mol. The van der Waals surface area contributed by atoms with Crippen LogP contribution in [0.5, 0.6) is 0 Å². The first-order valence-electron chi connectivity index (χ1n) is 22.4. The van der Waals surface area contributed by atoms with Crippen molar-refractivity contribution < 1.29 is 0 Å². The van der Waals surface area contributed by atoms with Gasteiger partial charge in [0.25, 0.3) is 0 Å². The fourth-order valence-electron chi connectivity index (χ4n) is 11.8. The van der Waals surface area contributed by atoms with Crippen LogP contribution in [0.3, 0.4) is 0 Å². The first-order valence-corrected chi connectivity index (χ1v) is 22.4. The Balaban J connectivity index is 0.990. The van der Waals surface area contributed by atoms with E-state index in [9.17, 15) is 0 Å². The molecule has 64 heavy (non-hydrogen) atoms.